The summed E-state index contributed by atoms with van der Waals surface area (Å²) >= 11 is 0. The molecule has 0 aromatic rings. The van der Waals surface area contributed by atoms with Crippen LogP contribution in [-0.4, -0.2) is 11.9 Å². The van der Waals surface area contributed by atoms with Crippen LogP contribution >= 0.6 is 0 Å². The molecule has 32 valence electrons. The highest BCUT2D eigenvalue weighted by Gasteiger charge is 1.01. The fraction of sp³-hybridized carbons (Fsp3) is 0. The average Bonchev–Trinajstić information content (AvgIpc) is 1.39. The molecular formula is C4H4O2. The number of hydrogen-bond donors (Lipinski definition) is 0. The topological polar surface area (TPSA) is 34.1 Å². The molecule has 6 heavy (non-hydrogen) atoms. The van der Waals surface area contributed by atoms with Crippen molar-refractivity contribution in [1.29, 1.82) is 0 Å². The lowest BCUT2D eigenvalue weighted by atomic mass is 11.2. The van der Waals surface area contributed by atoms with Crippen molar-refractivity contribution in [2.75, 3.05) is 0 Å². The van der Waals surface area contributed by atoms with Crippen molar-refractivity contribution in [1.82, 2.24) is 0 Å². The maximum Gasteiger partial charge on any atom is 0.116 e. The summed E-state index contributed by atoms with van der Waals surface area (Å²) in [5.41, 5.74) is 0. The highest BCUT2D eigenvalue weighted by molar-refractivity contribution is 5.38. The Labute approximate surface area is 35.8 Å². The van der Waals surface area contributed by atoms with Crippen LogP contribution in [0.1, 0.15) is 0 Å². The minimum atomic E-state index is 1.25. The van der Waals surface area contributed by atoms with Crippen molar-refractivity contribution in [3.8, 4) is 0 Å². The van der Waals surface area contributed by atoms with Gasteiger partial charge in [0.05, 0.1) is 0 Å². The zero-order chi connectivity index (χ0) is 5.41. The first kappa shape index (κ1) is 8.86. The van der Waals surface area contributed by atoms with Gasteiger partial charge in [-0.1, -0.05) is 0 Å². The molecule has 0 atom stereocenters. The maximum absolute atomic E-state index is 8.57. The van der Waals surface area contributed by atoms with Gasteiger partial charge >= 0.3 is 0 Å². The van der Waals surface area contributed by atoms with Crippen molar-refractivity contribution < 1.29 is 9.59 Å². The van der Waals surface area contributed by atoms with E-state index in [2.05, 4.69) is 13.2 Å². The molecule has 0 aliphatic carbocycles. The molecule has 0 heterocycles. The molecule has 2 nitrogen and oxygen atoms in total. The monoisotopic (exact) mass is 84.0 g/mol. The molecule has 2 heteroatoms. The van der Waals surface area contributed by atoms with Crippen molar-refractivity contribution in [2.45, 2.75) is 0 Å². The van der Waals surface area contributed by atoms with Gasteiger partial charge in [-0.15, -0.1) is 0 Å². The van der Waals surface area contributed by atoms with Crippen LogP contribution in [0.4, 0.5) is 0 Å². The Bertz CT molecular complexity index is 59.5. The molecule has 0 radical (unpaired) electrons. The Morgan fingerprint density at radius 1 is 1.00 bits per heavy atom. The smallest absolute Gasteiger partial charge is 0.116 e. The van der Waals surface area contributed by atoms with Gasteiger partial charge in [-0.05, 0) is 13.2 Å². The molecular weight excluding hydrogens is 80.0 g/mol. The molecule has 0 rings (SSSR count). The lowest BCUT2D eigenvalue weighted by Gasteiger charge is -1.02. The Balaban J connectivity index is 0. The van der Waals surface area contributed by atoms with E-state index in [9.17, 15) is 0 Å². The highest BCUT2D eigenvalue weighted by atomic mass is 16.1. The van der Waals surface area contributed by atoms with Crippen LogP contribution < -0.4 is 0 Å². The first-order valence-corrected chi connectivity index (χ1v) is 1.12. The third-order valence-electron chi connectivity index (χ3n) is 0. The zero-order valence-electron chi connectivity index (χ0n) is 3.23. The maximum atomic E-state index is 8.57. The Hall–Kier alpha value is -1.10. The second-order valence-electron chi connectivity index (χ2n) is 0.289. The molecule has 0 aromatic carbocycles. The van der Waals surface area contributed by atoms with E-state index >= 15 is 0 Å². The second kappa shape index (κ2) is 40.5. The normalized spacial score (nSPS) is 2.67. The summed E-state index contributed by atoms with van der Waals surface area (Å²) < 4.78 is 0. The molecule has 0 saturated carbocycles. The van der Waals surface area contributed by atoms with Crippen LogP contribution in [0.5, 0.6) is 0 Å². The molecule has 0 unspecified atom stereocenters. The summed E-state index contributed by atoms with van der Waals surface area (Å²) in [7, 11) is 0. The number of rotatable bonds is 0. The van der Waals surface area contributed by atoms with E-state index in [1.54, 1.807) is 0 Å². The van der Waals surface area contributed by atoms with Crippen LogP contribution in [0.3, 0.4) is 0 Å². The number of carbonyl (C=O) groups excluding carboxylic acids is 2. The van der Waals surface area contributed by atoms with Gasteiger partial charge < -0.3 is 0 Å². The van der Waals surface area contributed by atoms with E-state index in [0.717, 1.165) is 0 Å². The van der Waals surface area contributed by atoms with Crippen LogP contribution in [0.25, 0.3) is 0 Å². The minimum absolute atomic E-state index is 1.25. The zero-order valence-corrected chi connectivity index (χ0v) is 3.23. The summed E-state index contributed by atoms with van der Waals surface area (Å²) in [6.45, 7) is 5.36. The van der Waals surface area contributed by atoms with Gasteiger partial charge in [-0.3, -0.25) is 0 Å². The summed E-state index contributed by atoms with van der Waals surface area (Å²) in [4.78, 5) is 17.1. The molecule has 0 amide bonds. The third kappa shape index (κ3) is 8.65. The molecule has 0 bridgehead atoms. The van der Waals surface area contributed by atoms with E-state index < -0.39 is 0 Å². The summed E-state index contributed by atoms with van der Waals surface area (Å²) in [6, 6.07) is 0. The van der Waals surface area contributed by atoms with Crippen molar-refractivity contribution in [3.05, 3.63) is 13.2 Å². The summed E-state index contributed by atoms with van der Waals surface area (Å²) in [5, 5.41) is 0. The van der Waals surface area contributed by atoms with Gasteiger partial charge in [0.25, 0.3) is 0 Å². The van der Waals surface area contributed by atoms with E-state index in [-0.39, 0.29) is 0 Å². The van der Waals surface area contributed by atoms with Gasteiger partial charge in [0.2, 0.25) is 0 Å². The standard InChI is InChI=1S/2C2H2O/c2*1-2-3/h2*1H2. The fourth-order valence-electron chi connectivity index (χ4n) is 0. The number of hydrogen-bond acceptors (Lipinski definition) is 2. The van der Waals surface area contributed by atoms with Gasteiger partial charge in [0.1, 0.15) is 11.9 Å². The Kier molecular flexibility index (Phi) is 59.8. The van der Waals surface area contributed by atoms with Crippen LogP contribution in [0.15, 0.2) is 13.2 Å². The van der Waals surface area contributed by atoms with E-state index in [1.807, 2.05) is 0 Å². The van der Waals surface area contributed by atoms with E-state index in [4.69, 9.17) is 9.59 Å². The van der Waals surface area contributed by atoms with Crippen molar-refractivity contribution >= 4 is 11.9 Å². The highest BCUT2D eigenvalue weighted by Crippen LogP contribution is 0.897. The first-order chi connectivity index (χ1) is 2.83. The van der Waals surface area contributed by atoms with Crippen LogP contribution in [-0.2, 0) is 9.59 Å². The molecule has 0 spiro atoms. The SMILES string of the molecule is C=C=O.C=C=O. The largest absolute Gasteiger partial charge is 0.234 e. The molecule has 0 aliphatic heterocycles. The van der Waals surface area contributed by atoms with E-state index in [1.165, 1.54) is 11.9 Å². The third-order valence-corrected chi connectivity index (χ3v) is 0. The lowest BCUT2D eigenvalue weighted by Crippen LogP contribution is -1.15. The fourth-order valence-corrected chi connectivity index (χ4v) is 0. The molecule has 0 saturated heterocycles. The average molecular weight is 84.1 g/mol. The van der Waals surface area contributed by atoms with Gasteiger partial charge in [0.15, 0.2) is 0 Å². The Morgan fingerprint density at radius 3 is 1.00 bits per heavy atom. The predicted molar refractivity (Wildman–Crippen MR) is 22.6 cm³/mol. The molecule has 0 aromatic heterocycles. The molecule has 0 aliphatic rings. The minimum Gasteiger partial charge on any atom is -0.234 e. The predicted octanol–water partition coefficient (Wildman–Crippen LogP) is 0.00800. The van der Waals surface area contributed by atoms with Crippen molar-refractivity contribution in [3.63, 3.8) is 0 Å². The van der Waals surface area contributed by atoms with Gasteiger partial charge in [-0.2, -0.15) is 0 Å². The quantitative estimate of drug-likeness (QED) is 0.387. The van der Waals surface area contributed by atoms with Gasteiger partial charge in [0, 0.05) is 0 Å². The summed E-state index contributed by atoms with van der Waals surface area (Å²) in [6.07, 6.45) is 0. The van der Waals surface area contributed by atoms with Crippen LogP contribution in [0, 0.1) is 0 Å². The van der Waals surface area contributed by atoms with Crippen molar-refractivity contribution in [2.24, 2.45) is 0 Å². The summed E-state index contributed by atoms with van der Waals surface area (Å²) in [5.74, 6) is 2.50. The van der Waals surface area contributed by atoms with Crippen LogP contribution in [0.2, 0.25) is 0 Å². The van der Waals surface area contributed by atoms with E-state index in [0.29, 0.717) is 0 Å². The first-order valence-electron chi connectivity index (χ1n) is 1.12. The van der Waals surface area contributed by atoms with Gasteiger partial charge in [-0.25, -0.2) is 9.59 Å². The Morgan fingerprint density at radius 2 is 1.00 bits per heavy atom. The lowest BCUT2D eigenvalue weighted by molar-refractivity contribution is 0.569. The molecule has 0 N–H and O–H groups in total. The molecule has 0 fully saturated rings. The second-order valence-corrected chi connectivity index (χ2v) is 0.289.